The molecular weight excluding hydrogens is 378 g/mol. The molecule has 1 heterocycles. The summed E-state index contributed by atoms with van der Waals surface area (Å²) in [5, 5.41) is 0. The van der Waals surface area contributed by atoms with Gasteiger partial charge in [0, 0.05) is 24.9 Å². The zero-order valence-electron chi connectivity index (χ0n) is 17.7. The summed E-state index contributed by atoms with van der Waals surface area (Å²) < 4.78 is 10.7. The number of hydrogen-bond donors (Lipinski definition) is 0. The zero-order valence-corrected chi connectivity index (χ0v) is 17.7. The predicted octanol–water partition coefficient (Wildman–Crippen LogP) is 3.95. The molecule has 2 aliphatic rings. The Bertz CT molecular complexity index is 911. The summed E-state index contributed by atoms with van der Waals surface area (Å²) in [5.74, 6) is 0.721. The summed E-state index contributed by atoms with van der Waals surface area (Å²) in [4.78, 5) is 27.9. The molecule has 158 valence electrons. The van der Waals surface area contributed by atoms with E-state index in [1.165, 1.54) is 5.56 Å². The molecule has 0 N–H and O–H groups in total. The van der Waals surface area contributed by atoms with E-state index >= 15 is 0 Å². The first kappa shape index (κ1) is 20.5. The van der Waals surface area contributed by atoms with E-state index in [4.69, 9.17) is 9.47 Å². The molecule has 4 rings (SSSR count). The quantitative estimate of drug-likeness (QED) is 0.681. The first-order valence-corrected chi connectivity index (χ1v) is 10.7. The van der Waals surface area contributed by atoms with Gasteiger partial charge < -0.3 is 14.4 Å². The van der Waals surface area contributed by atoms with Crippen LogP contribution in [0.3, 0.4) is 0 Å². The number of esters is 1. The molecule has 1 aliphatic heterocycles. The molecule has 0 spiro atoms. The number of piperidine rings is 1. The molecule has 0 radical (unpaired) electrons. The van der Waals surface area contributed by atoms with Crippen molar-refractivity contribution >= 4 is 11.9 Å². The van der Waals surface area contributed by atoms with Gasteiger partial charge in [-0.25, -0.2) is 0 Å². The SMILES string of the molecule is CCOC(=O)C[C@H]1c2ccc(OC)cc2C[C@@H]2C[C@H]1C(=O)N(Cc1ccccc1)C2. The van der Waals surface area contributed by atoms with E-state index in [2.05, 4.69) is 18.2 Å². The molecule has 1 fully saturated rings. The topological polar surface area (TPSA) is 55.8 Å². The van der Waals surface area contributed by atoms with Crippen molar-refractivity contribution in [3.63, 3.8) is 0 Å². The number of likely N-dealkylation sites (tertiary alicyclic amines) is 1. The molecule has 5 heteroatoms. The number of amides is 1. The van der Waals surface area contributed by atoms with E-state index < -0.39 is 0 Å². The largest absolute Gasteiger partial charge is 0.497 e. The van der Waals surface area contributed by atoms with Crippen molar-refractivity contribution in [3.8, 4) is 5.75 Å². The average molecular weight is 408 g/mol. The summed E-state index contributed by atoms with van der Waals surface area (Å²) in [5.41, 5.74) is 3.40. The molecule has 3 atom stereocenters. The number of nitrogens with zero attached hydrogens (tertiary/aromatic N) is 1. The summed E-state index contributed by atoms with van der Waals surface area (Å²) >= 11 is 0. The number of carbonyl (C=O) groups is 2. The van der Waals surface area contributed by atoms with Gasteiger partial charge in [0.25, 0.3) is 0 Å². The highest BCUT2D eigenvalue weighted by molar-refractivity contribution is 5.82. The monoisotopic (exact) mass is 407 g/mol. The number of fused-ring (bicyclic) bond motifs is 3. The standard InChI is InChI=1S/C25H29NO4/c1-3-30-24(27)14-22-21-10-9-20(29-2)13-19(21)11-18-12-23(22)25(28)26(16-18)15-17-7-5-4-6-8-17/h4-10,13,18,22-23H,3,11-12,14-16H2,1-2H3/t18-,22+,23-/m1/s1. The van der Waals surface area contributed by atoms with E-state index in [0.29, 0.717) is 19.1 Å². The minimum atomic E-state index is -0.240. The van der Waals surface area contributed by atoms with E-state index in [0.717, 1.165) is 36.3 Å². The molecule has 5 nitrogen and oxygen atoms in total. The molecule has 1 aliphatic carbocycles. The maximum absolute atomic E-state index is 13.5. The van der Waals surface area contributed by atoms with Crippen LogP contribution in [0, 0.1) is 11.8 Å². The van der Waals surface area contributed by atoms with Crippen LogP contribution in [0.15, 0.2) is 48.5 Å². The molecule has 0 unspecified atom stereocenters. The van der Waals surface area contributed by atoms with E-state index in [1.54, 1.807) is 7.11 Å². The molecule has 2 aromatic rings. The minimum absolute atomic E-state index is 0.146. The van der Waals surface area contributed by atoms with Crippen molar-refractivity contribution in [1.82, 2.24) is 4.90 Å². The predicted molar refractivity (Wildman–Crippen MR) is 114 cm³/mol. The van der Waals surface area contributed by atoms with Crippen LogP contribution in [0.5, 0.6) is 5.75 Å². The van der Waals surface area contributed by atoms with Crippen molar-refractivity contribution in [3.05, 3.63) is 65.2 Å². The van der Waals surface area contributed by atoms with Crippen LogP contribution >= 0.6 is 0 Å². The van der Waals surface area contributed by atoms with Crippen molar-refractivity contribution in [2.45, 2.75) is 38.6 Å². The lowest BCUT2D eigenvalue weighted by Gasteiger charge is -2.38. The normalized spacial score (nSPS) is 22.8. The van der Waals surface area contributed by atoms with Crippen molar-refractivity contribution in [2.24, 2.45) is 11.8 Å². The van der Waals surface area contributed by atoms with Gasteiger partial charge in [-0.3, -0.25) is 9.59 Å². The van der Waals surface area contributed by atoms with Crippen LogP contribution < -0.4 is 4.74 Å². The number of ether oxygens (including phenoxy) is 2. The van der Waals surface area contributed by atoms with Crippen molar-refractivity contribution in [2.75, 3.05) is 20.3 Å². The Morgan fingerprint density at radius 3 is 2.70 bits per heavy atom. The van der Waals surface area contributed by atoms with E-state index in [1.807, 2.05) is 42.2 Å². The fourth-order valence-electron chi connectivity index (χ4n) is 5.03. The maximum atomic E-state index is 13.5. The third-order valence-corrected chi connectivity index (χ3v) is 6.35. The summed E-state index contributed by atoms with van der Waals surface area (Å²) in [6, 6.07) is 16.1. The summed E-state index contributed by atoms with van der Waals surface area (Å²) in [6.07, 6.45) is 1.93. The van der Waals surface area contributed by atoms with Crippen molar-refractivity contribution in [1.29, 1.82) is 0 Å². The third kappa shape index (κ3) is 4.20. The third-order valence-electron chi connectivity index (χ3n) is 6.35. The van der Waals surface area contributed by atoms with Gasteiger partial charge in [0.15, 0.2) is 0 Å². The molecule has 30 heavy (non-hydrogen) atoms. The van der Waals surface area contributed by atoms with Crippen LogP contribution in [-0.4, -0.2) is 37.0 Å². The Balaban J connectivity index is 1.68. The van der Waals surface area contributed by atoms with Gasteiger partial charge in [0.05, 0.1) is 20.1 Å². The molecule has 1 saturated heterocycles. The van der Waals surface area contributed by atoms with Crippen LogP contribution in [0.4, 0.5) is 0 Å². The Morgan fingerprint density at radius 1 is 1.17 bits per heavy atom. The van der Waals surface area contributed by atoms with Gasteiger partial charge in [-0.1, -0.05) is 36.4 Å². The molecule has 1 amide bonds. The second kappa shape index (κ2) is 8.90. The highest BCUT2D eigenvalue weighted by Gasteiger charge is 2.43. The number of methoxy groups -OCH3 is 1. The average Bonchev–Trinajstić information content (AvgIpc) is 2.87. The fourth-order valence-corrected chi connectivity index (χ4v) is 5.03. The summed E-state index contributed by atoms with van der Waals surface area (Å²) in [7, 11) is 1.66. The van der Waals surface area contributed by atoms with Crippen LogP contribution in [-0.2, 0) is 27.3 Å². The number of carbonyl (C=O) groups excluding carboxylic acids is 2. The highest BCUT2D eigenvalue weighted by atomic mass is 16.5. The molecule has 2 bridgehead atoms. The van der Waals surface area contributed by atoms with Gasteiger partial charge in [0.2, 0.25) is 5.91 Å². The zero-order chi connectivity index (χ0) is 21.1. The van der Waals surface area contributed by atoms with Gasteiger partial charge in [0.1, 0.15) is 5.75 Å². The molecule has 0 saturated carbocycles. The fraction of sp³-hybridized carbons (Fsp3) is 0.440. The van der Waals surface area contributed by atoms with E-state index in [9.17, 15) is 9.59 Å². The smallest absolute Gasteiger partial charge is 0.306 e. The lowest BCUT2D eigenvalue weighted by atomic mass is 9.78. The Kier molecular flexibility index (Phi) is 6.07. The first-order chi connectivity index (χ1) is 14.6. The lowest BCUT2D eigenvalue weighted by Crippen LogP contribution is -2.46. The Labute approximate surface area is 178 Å². The van der Waals surface area contributed by atoms with Crippen molar-refractivity contribution < 1.29 is 19.1 Å². The molecular formula is C25H29NO4. The van der Waals surface area contributed by atoms with Gasteiger partial charge >= 0.3 is 5.97 Å². The number of rotatable bonds is 6. The molecule has 2 aromatic carbocycles. The molecule has 0 aromatic heterocycles. The Hall–Kier alpha value is -2.82. The van der Waals surface area contributed by atoms with Crippen LogP contribution in [0.25, 0.3) is 0 Å². The van der Waals surface area contributed by atoms with Crippen LogP contribution in [0.1, 0.15) is 42.4 Å². The maximum Gasteiger partial charge on any atom is 0.306 e. The Morgan fingerprint density at radius 2 is 1.97 bits per heavy atom. The van der Waals surface area contributed by atoms with Crippen LogP contribution in [0.2, 0.25) is 0 Å². The minimum Gasteiger partial charge on any atom is -0.497 e. The summed E-state index contributed by atoms with van der Waals surface area (Å²) in [6.45, 7) is 3.51. The van der Waals surface area contributed by atoms with E-state index in [-0.39, 0.29) is 30.1 Å². The van der Waals surface area contributed by atoms with Gasteiger partial charge in [-0.05, 0) is 54.5 Å². The number of hydrogen-bond acceptors (Lipinski definition) is 4. The first-order valence-electron chi connectivity index (χ1n) is 10.7. The second-order valence-corrected chi connectivity index (χ2v) is 8.30. The van der Waals surface area contributed by atoms with Gasteiger partial charge in [-0.15, -0.1) is 0 Å². The second-order valence-electron chi connectivity index (χ2n) is 8.30. The highest BCUT2D eigenvalue weighted by Crippen LogP contribution is 2.44. The number of benzene rings is 2. The van der Waals surface area contributed by atoms with Gasteiger partial charge in [-0.2, -0.15) is 0 Å². The lowest BCUT2D eigenvalue weighted by molar-refractivity contribution is -0.146.